The summed E-state index contributed by atoms with van der Waals surface area (Å²) in [6, 6.07) is 5.13. The van der Waals surface area contributed by atoms with Gasteiger partial charge in [-0.05, 0) is 51.3 Å². The second-order valence-electron chi connectivity index (χ2n) is 6.52. The maximum absolute atomic E-state index is 13.0. The van der Waals surface area contributed by atoms with E-state index < -0.39 is 10.0 Å². The lowest BCUT2D eigenvalue weighted by Gasteiger charge is -2.32. The fraction of sp³-hybridized carbons (Fsp3) is 0.588. The molecule has 1 aromatic carbocycles. The number of ether oxygens (including phenoxy) is 1. The second kappa shape index (κ2) is 7.53. The third kappa shape index (κ3) is 4.08. The predicted octanol–water partition coefficient (Wildman–Crippen LogP) is 1.93. The van der Waals surface area contributed by atoms with E-state index in [1.165, 1.54) is 11.4 Å². The van der Waals surface area contributed by atoms with E-state index in [0.717, 1.165) is 5.56 Å². The molecule has 134 valence electrons. The lowest BCUT2D eigenvalue weighted by atomic mass is 9.98. The number of hydrogen-bond donors (Lipinski definition) is 1. The number of hydrogen-bond acceptors (Lipinski definition) is 4. The van der Waals surface area contributed by atoms with Gasteiger partial charge in [0.25, 0.3) is 0 Å². The summed E-state index contributed by atoms with van der Waals surface area (Å²) < 4.78 is 32.7. The van der Waals surface area contributed by atoms with Crippen LogP contribution in [0.15, 0.2) is 23.1 Å². The van der Waals surface area contributed by atoms with Crippen molar-refractivity contribution in [2.75, 3.05) is 20.2 Å². The Balaban J connectivity index is 2.26. The molecule has 1 aliphatic rings. The number of sulfonamides is 1. The van der Waals surface area contributed by atoms with E-state index in [2.05, 4.69) is 5.32 Å². The number of benzene rings is 1. The molecule has 0 aliphatic carbocycles. The van der Waals surface area contributed by atoms with Crippen LogP contribution in [0.3, 0.4) is 0 Å². The van der Waals surface area contributed by atoms with Crippen molar-refractivity contribution in [3.05, 3.63) is 23.8 Å². The highest BCUT2D eigenvalue weighted by Crippen LogP contribution is 2.30. The second-order valence-corrected chi connectivity index (χ2v) is 8.43. The summed E-state index contributed by atoms with van der Waals surface area (Å²) in [6.45, 7) is 6.26. The zero-order valence-electron chi connectivity index (χ0n) is 14.7. The summed E-state index contributed by atoms with van der Waals surface area (Å²) in [5.41, 5.74) is 0.848. The lowest BCUT2D eigenvalue weighted by molar-refractivity contribution is -0.126. The molecule has 6 nitrogen and oxygen atoms in total. The molecular weight excluding hydrogens is 328 g/mol. The zero-order valence-corrected chi connectivity index (χ0v) is 15.5. The lowest BCUT2D eigenvalue weighted by Crippen LogP contribution is -2.46. The van der Waals surface area contributed by atoms with Gasteiger partial charge in [-0.3, -0.25) is 4.79 Å². The van der Waals surface area contributed by atoms with Gasteiger partial charge >= 0.3 is 0 Å². The van der Waals surface area contributed by atoms with Crippen LogP contribution in [0, 0.1) is 12.8 Å². The van der Waals surface area contributed by atoms with Crippen molar-refractivity contribution in [2.24, 2.45) is 5.92 Å². The molecule has 0 spiro atoms. The standard InChI is InChI=1S/C17H26N2O4S/c1-12(2)18-17(20)14-6-5-9-19(11-14)24(21,22)16-10-13(3)7-8-15(16)23-4/h7-8,10,12,14H,5-6,9,11H2,1-4H3,(H,18,20)/t14-/m1/s1. The van der Waals surface area contributed by atoms with Gasteiger partial charge < -0.3 is 10.1 Å². The van der Waals surface area contributed by atoms with Crippen LogP contribution in [0.25, 0.3) is 0 Å². The summed E-state index contributed by atoms with van der Waals surface area (Å²) >= 11 is 0. The first-order valence-corrected chi connectivity index (χ1v) is 9.65. The first-order valence-electron chi connectivity index (χ1n) is 8.21. The number of amides is 1. The highest BCUT2D eigenvalue weighted by Gasteiger charge is 2.34. The Kier molecular flexibility index (Phi) is 5.87. The molecule has 1 amide bonds. The van der Waals surface area contributed by atoms with E-state index in [-0.39, 0.29) is 29.3 Å². The average Bonchev–Trinajstić information content (AvgIpc) is 2.54. The number of carbonyl (C=O) groups excluding carboxylic acids is 1. The number of methoxy groups -OCH3 is 1. The van der Waals surface area contributed by atoms with Crippen LogP contribution < -0.4 is 10.1 Å². The van der Waals surface area contributed by atoms with E-state index in [4.69, 9.17) is 4.74 Å². The van der Waals surface area contributed by atoms with Crippen molar-refractivity contribution >= 4 is 15.9 Å². The molecule has 1 saturated heterocycles. The quantitative estimate of drug-likeness (QED) is 0.877. The number of aryl methyl sites for hydroxylation is 1. The first-order chi connectivity index (χ1) is 11.3. The van der Waals surface area contributed by atoms with Crippen LogP contribution in [0.5, 0.6) is 5.75 Å². The normalized spacial score (nSPS) is 19.3. The summed E-state index contributed by atoms with van der Waals surface area (Å²) in [5.74, 6) is -0.0674. The van der Waals surface area contributed by atoms with Crippen LogP contribution in [0.2, 0.25) is 0 Å². The van der Waals surface area contributed by atoms with Crippen molar-refractivity contribution in [1.82, 2.24) is 9.62 Å². The van der Waals surface area contributed by atoms with Gasteiger partial charge in [0.1, 0.15) is 10.6 Å². The molecule has 1 N–H and O–H groups in total. The molecule has 1 heterocycles. The summed E-state index contributed by atoms with van der Waals surface area (Å²) in [4.78, 5) is 12.4. The Hall–Kier alpha value is -1.60. The van der Waals surface area contributed by atoms with Crippen LogP contribution >= 0.6 is 0 Å². The van der Waals surface area contributed by atoms with Crippen molar-refractivity contribution in [3.63, 3.8) is 0 Å². The Bertz CT molecular complexity index is 701. The Morgan fingerprint density at radius 1 is 1.38 bits per heavy atom. The molecule has 7 heteroatoms. The van der Waals surface area contributed by atoms with Crippen molar-refractivity contribution in [3.8, 4) is 5.75 Å². The summed E-state index contributed by atoms with van der Waals surface area (Å²) in [6.07, 6.45) is 1.37. The minimum atomic E-state index is -3.69. The van der Waals surface area contributed by atoms with Gasteiger partial charge in [0.05, 0.1) is 13.0 Å². The molecule has 0 unspecified atom stereocenters. The molecule has 0 bridgehead atoms. The van der Waals surface area contributed by atoms with E-state index in [0.29, 0.717) is 25.1 Å². The fourth-order valence-corrected chi connectivity index (χ4v) is 4.67. The maximum Gasteiger partial charge on any atom is 0.246 e. The summed E-state index contributed by atoms with van der Waals surface area (Å²) in [5, 5.41) is 2.87. The Morgan fingerprint density at radius 2 is 2.08 bits per heavy atom. The van der Waals surface area contributed by atoms with Gasteiger partial charge in [0.15, 0.2) is 0 Å². The number of carbonyl (C=O) groups is 1. The molecule has 0 radical (unpaired) electrons. The molecule has 1 fully saturated rings. The van der Waals surface area contributed by atoms with Gasteiger partial charge in [-0.25, -0.2) is 8.42 Å². The van der Waals surface area contributed by atoms with Crippen LogP contribution in [0.4, 0.5) is 0 Å². The van der Waals surface area contributed by atoms with E-state index in [1.807, 2.05) is 26.8 Å². The molecule has 1 aliphatic heterocycles. The molecule has 0 saturated carbocycles. The SMILES string of the molecule is COc1ccc(C)cc1S(=O)(=O)N1CCC[C@@H](C(=O)NC(C)C)C1. The molecule has 24 heavy (non-hydrogen) atoms. The molecule has 1 atom stereocenters. The first kappa shape index (κ1) is 18.7. The molecule has 2 rings (SSSR count). The highest BCUT2D eigenvalue weighted by atomic mass is 32.2. The number of rotatable bonds is 5. The average molecular weight is 354 g/mol. The Labute approximate surface area is 144 Å². The third-order valence-corrected chi connectivity index (χ3v) is 6.01. The van der Waals surface area contributed by atoms with Gasteiger partial charge in [-0.2, -0.15) is 4.31 Å². The molecular formula is C17H26N2O4S. The molecule has 1 aromatic rings. The third-order valence-electron chi connectivity index (χ3n) is 4.12. The summed E-state index contributed by atoms with van der Waals surface area (Å²) in [7, 11) is -2.24. The minimum Gasteiger partial charge on any atom is -0.495 e. The van der Waals surface area contributed by atoms with Crippen LogP contribution in [0.1, 0.15) is 32.3 Å². The van der Waals surface area contributed by atoms with E-state index in [9.17, 15) is 13.2 Å². The predicted molar refractivity (Wildman–Crippen MR) is 92.5 cm³/mol. The number of nitrogens with zero attached hydrogens (tertiary/aromatic N) is 1. The fourth-order valence-electron chi connectivity index (χ4n) is 2.90. The van der Waals surface area contributed by atoms with E-state index >= 15 is 0 Å². The van der Waals surface area contributed by atoms with Gasteiger partial charge in [0.2, 0.25) is 15.9 Å². The maximum atomic E-state index is 13.0. The largest absolute Gasteiger partial charge is 0.495 e. The smallest absolute Gasteiger partial charge is 0.246 e. The van der Waals surface area contributed by atoms with Crippen molar-refractivity contribution in [2.45, 2.75) is 44.6 Å². The highest BCUT2D eigenvalue weighted by molar-refractivity contribution is 7.89. The van der Waals surface area contributed by atoms with Crippen LogP contribution in [-0.4, -0.2) is 44.9 Å². The van der Waals surface area contributed by atoms with Gasteiger partial charge in [0, 0.05) is 19.1 Å². The van der Waals surface area contributed by atoms with Crippen LogP contribution in [-0.2, 0) is 14.8 Å². The monoisotopic (exact) mass is 354 g/mol. The minimum absolute atomic E-state index is 0.0429. The topological polar surface area (TPSA) is 75.7 Å². The number of piperidine rings is 1. The van der Waals surface area contributed by atoms with E-state index in [1.54, 1.807) is 12.1 Å². The van der Waals surface area contributed by atoms with Crippen molar-refractivity contribution < 1.29 is 17.9 Å². The van der Waals surface area contributed by atoms with Crippen molar-refractivity contribution in [1.29, 1.82) is 0 Å². The Morgan fingerprint density at radius 3 is 2.71 bits per heavy atom. The number of nitrogens with one attached hydrogen (secondary N) is 1. The van der Waals surface area contributed by atoms with Gasteiger partial charge in [-0.15, -0.1) is 0 Å². The zero-order chi connectivity index (χ0) is 17.9. The molecule has 0 aromatic heterocycles. The van der Waals surface area contributed by atoms with Gasteiger partial charge in [-0.1, -0.05) is 6.07 Å².